The van der Waals surface area contributed by atoms with E-state index in [1.165, 1.54) is 4.88 Å². The average Bonchev–Trinajstić information content (AvgIpc) is 2.87. The lowest BCUT2D eigenvalue weighted by Crippen LogP contribution is -2.12. The van der Waals surface area contributed by atoms with E-state index >= 15 is 0 Å². The molecule has 4 heteroatoms. The van der Waals surface area contributed by atoms with Crippen LogP contribution in [0, 0.1) is 0 Å². The highest BCUT2D eigenvalue weighted by Crippen LogP contribution is 2.27. The first-order chi connectivity index (χ1) is 9.74. The third kappa shape index (κ3) is 2.87. The predicted molar refractivity (Wildman–Crippen MR) is 88.2 cm³/mol. The maximum absolute atomic E-state index is 10.1. The maximum atomic E-state index is 10.1. The van der Waals surface area contributed by atoms with Gasteiger partial charge in [-0.25, -0.2) is 0 Å². The summed E-state index contributed by atoms with van der Waals surface area (Å²) in [5.41, 5.74) is 0.957. The highest BCUT2D eigenvalue weighted by atomic mass is 79.9. The van der Waals surface area contributed by atoms with Crippen LogP contribution in [0.1, 0.15) is 10.4 Å². The number of nitrogens with one attached hydrogen (secondary N) is 1. The Balaban J connectivity index is 1.78. The minimum Gasteiger partial charge on any atom is -0.508 e. The predicted octanol–water partition coefficient (Wildman–Crippen LogP) is 4.66. The summed E-state index contributed by atoms with van der Waals surface area (Å²) in [7, 11) is 0. The number of phenols is 1. The van der Waals surface area contributed by atoms with E-state index in [0.29, 0.717) is 12.3 Å². The Morgan fingerprint density at radius 1 is 1.10 bits per heavy atom. The van der Waals surface area contributed by atoms with Gasteiger partial charge in [0.15, 0.2) is 0 Å². The van der Waals surface area contributed by atoms with Gasteiger partial charge in [-0.1, -0.05) is 30.3 Å². The molecule has 3 rings (SSSR count). The third-order valence-electron chi connectivity index (χ3n) is 3.24. The number of hydrogen-bond donors (Lipinski definition) is 2. The quantitative estimate of drug-likeness (QED) is 0.719. The number of thiophene rings is 1. The molecule has 2 N–H and O–H groups in total. The number of phenolic OH excluding ortho intramolecular Hbond substituents is 1. The summed E-state index contributed by atoms with van der Waals surface area (Å²) in [4.78, 5) is 1.27. The first-order valence-electron chi connectivity index (χ1n) is 6.37. The monoisotopic (exact) mass is 347 g/mol. The van der Waals surface area contributed by atoms with Crippen molar-refractivity contribution >= 4 is 38.0 Å². The molecule has 0 atom stereocenters. The van der Waals surface area contributed by atoms with Crippen LogP contribution in [-0.2, 0) is 13.1 Å². The van der Waals surface area contributed by atoms with Crippen LogP contribution >= 0.6 is 27.3 Å². The van der Waals surface area contributed by atoms with E-state index in [0.717, 1.165) is 27.4 Å². The summed E-state index contributed by atoms with van der Waals surface area (Å²) in [5.74, 6) is 0.351. The van der Waals surface area contributed by atoms with Crippen LogP contribution in [0.15, 0.2) is 52.3 Å². The summed E-state index contributed by atoms with van der Waals surface area (Å²) < 4.78 is 1.12. The van der Waals surface area contributed by atoms with Crippen molar-refractivity contribution in [3.05, 3.63) is 62.8 Å². The Labute approximate surface area is 130 Å². The Kier molecular flexibility index (Phi) is 4.05. The van der Waals surface area contributed by atoms with Crippen LogP contribution in [0.5, 0.6) is 5.75 Å². The largest absolute Gasteiger partial charge is 0.508 e. The molecular weight excluding hydrogens is 334 g/mol. The Hall–Kier alpha value is -1.36. The maximum Gasteiger partial charge on any atom is 0.120 e. The second kappa shape index (κ2) is 5.95. The van der Waals surface area contributed by atoms with Crippen LogP contribution in [0.25, 0.3) is 10.8 Å². The van der Waals surface area contributed by atoms with E-state index in [4.69, 9.17) is 0 Å². The molecule has 102 valence electrons. The first-order valence-corrected chi connectivity index (χ1v) is 8.04. The van der Waals surface area contributed by atoms with Crippen molar-refractivity contribution in [2.45, 2.75) is 13.1 Å². The van der Waals surface area contributed by atoms with Crippen LogP contribution in [0.4, 0.5) is 0 Å². The molecule has 3 aromatic rings. The highest BCUT2D eigenvalue weighted by molar-refractivity contribution is 9.10. The molecule has 1 heterocycles. The van der Waals surface area contributed by atoms with Gasteiger partial charge in [0.05, 0.1) is 0 Å². The third-order valence-corrected chi connectivity index (χ3v) is 4.94. The van der Waals surface area contributed by atoms with Crippen molar-refractivity contribution in [2.24, 2.45) is 0 Å². The molecule has 2 nitrogen and oxygen atoms in total. The van der Waals surface area contributed by atoms with Gasteiger partial charge in [-0.3, -0.25) is 0 Å². The van der Waals surface area contributed by atoms with Crippen LogP contribution in [0.2, 0.25) is 0 Å². The molecule has 0 aliphatic rings. The van der Waals surface area contributed by atoms with Gasteiger partial charge < -0.3 is 10.4 Å². The van der Waals surface area contributed by atoms with Gasteiger partial charge in [0.2, 0.25) is 0 Å². The molecule has 1 aromatic heterocycles. The van der Waals surface area contributed by atoms with Crippen LogP contribution in [-0.4, -0.2) is 5.11 Å². The Morgan fingerprint density at radius 3 is 2.75 bits per heavy atom. The fourth-order valence-electron chi connectivity index (χ4n) is 2.27. The molecule has 0 fully saturated rings. The lowest BCUT2D eigenvalue weighted by atomic mass is 10.0. The van der Waals surface area contributed by atoms with Gasteiger partial charge in [-0.05, 0) is 38.8 Å². The Bertz CT molecular complexity index is 738. The SMILES string of the molecule is Oc1ccc2ccccc2c1CNCc1cc(Br)cs1. The van der Waals surface area contributed by atoms with Crippen LogP contribution < -0.4 is 5.32 Å². The normalized spacial score (nSPS) is 11.1. The number of hydrogen-bond acceptors (Lipinski definition) is 3. The van der Waals surface area contributed by atoms with Crippen molar-refractivity contribution < 1.29 is 5.11 Å². The zero-order valence-corrected chi connectivity index (χ0v) is 13.2. The van der Waals surface area contributed by atoms with Crippen molar-refractivity contribution in [2.75, 3.05) is 0 Å². The number of rotatable bonds is 4. The summed E-state index contributed by atoms with van der Waals surface area (Å²) in [5, 5.41) is 17.8. The standard InChI is InChI=1S/C16H14BrNOS/c17-12-7-13(20-10-12)8-18-9-15-14-4-2-1-3-11(14)5-6-16(15)19/h1-7,10,18-19H,8-9H2. The van der Waals surface area contributed by atoms with E-state index in [9.17, 15) is 5.11 Å². The number of benzene rings is 2. The minimum absolute atomic E-state index is 0.351. The zero-order chi connectivity index (χ0) is 13.9. The van der Waals surface area contributed by atoms with Gasteiger partial charge in [-0.15, -0.1) is 11.3 Å². The van der Waals surface area contributed by atoms with E-state index in [2.05, 4.69) is 38.8 Å². The number of halogens is 1. The first kappa shape index (κ1) is 13.6. The summed E-state index contributed by atoms with van der Waals surface area (Å²) >= 11 is 5.18. The molecule has 2 aromatic carbocycles. The van der Waals surface area contributed by atoms with E-state index in [1.807, 2.05) is 24.3 Å². The molecule has 0 amide bonds. The van der Waals surface area contributed by atoms with Crippen molar-refractivity contribution in [1.29, 1.82) is 0 Å². The molecular formula is C16H14BrNOS. The van der Waals surface area contributed by atoms with E-state index in [1.54, 1.807) is 17.4 Å². The fourth-order valence-corrected chi connectivity index (χ4v) is 3.69. The molecule has 0 aliphatic carbocycles. The number of aromatic hydroxyl groups is 1. The zero-order valence-electron chi connectivity index (χ0n) is 10.8. The molecule has 0 unspecified atom stereocenters. The number of fused-ring (bicyclic) bond motifs is 1. The second-order valence-corrected chi connectivity index (χ2v) is 6.53. The van der Waals surface area contributed by atoms with Crippen molar-refractivity contribution in [1.82, 2.24) is 5.32 Å². The van der Waals surface area contributed by atoms with Gasteiger partial charge in [-0.2, -0.15) is 0 Å². The molecule has 0 saturated carbocycles. The molecule has 0 saturated heterocycles. The molecule has 0 bridgehead atoms. The summed E-state index contributed by atoms with van der Waals surface area (Å²) in [6.07, 6.45) is 0. The molecule has 0 radical (unpaired) electrons. The summed E-state index contributed by atoms with van der Waals surface area (Å²) in [6.45, 7) is 1.46. The van der Waals surface area contributed by atoms with Gasteiger partial charge in [0.1, 0.15) is 5.75 Å². The van der Waals surface area contributed by atoms with Crippen LogP contribution in [0.3, 0.4) is 0 Å². The summed E-state index contributed by atoms with van der Waals surface area (Å²) in [6, 6.07) is 14.0. The second-order valence-electron chi connectivity index (χ2n) is 4.62. The molecule has 0 aliphatic heterocycles. The average molecular weight is 348 g/mol. The van der Waals surface area contributed by atoms with E-state index in [-0.39, 0.29) is 0 Å². The Morgan fingerprint density at radius 2 is 1.95 bits per heavy atom. The fraction of sp³-hybridized carbons (Fsp3) is 0.125. The van der Waals surface area contributed by atoms with Crippen molar-refractivity contribution in [3.63, 3.8) is 0 Å². The highest BCUT2D eigenvalue weighted by Gasteiger charge is 2.06. The van der Waals surface area contributed by atoms with E-state index < -0.39 is 0 Å². The van der Waals surface area contributed by atoms with Crippen molar-refractivity contribution in [3.8, 4) is 5.75 Å². The smallest absolute Gasteiger partial charge is 0.120 e. The lowest BCUT2D eigenvalue weighted by Gasteiger charge is -2.10. The minimum atomic E-state index is 0.351. The topological polar surface area (TPSA) is 32.3 Å². The van der Waals surface area contributed by atoms with Gasteiger partial charge in [0, 0.05) is 33.4 Å². The molecule has 20 heavy (non-hydrogen) atoms. The lowest BCUT2D eigenvalue weighted by molar-refractivity contribution is 0.466. The van der Waals surface area contributed by atoms with Gasteiger partial charge in [0.25, 0.3) is 0 Å². The van der Waals surface area contributed by atoms with Gasteiger partial charge >= 0.3 is 0 Å². The molecule has 0 spiro atoms.